The van der Waals surface area contributed by atoms with E-state index in [9.17, 15) is 0 Å². The maximum Gasteiger partial charge on any atom is 0.0886 e. The Kier molecular flexibility index (Phi) is 82.6. The monoisotopic (exact) mass is 1700 g/mol. The second kappa shape index (κ2) is 78.6. The number of nitrogens with zero attached hydrogens (tertiary/aromatic N) is 16. The van der Waals surface area contributed by atoms with Gasteiger partial charge in [-0.1, -0.05) is 72.4 Å². The number of hydrogen-bond donors (Lipinski definition) is 1. The van der Waals surface area contributed by atoms with Gasteiger partial charge in [0.25, 0.3) is 0 Å². The first-order valence-corrected chi connectivity index (χ1v) is 26.1. The largest absolute Gasteiger partial charge is 0.911 e. The van der Waals surface area contributed by atoms with Crippen molar-refractivity contribution in [2.45, 2.75) is 0 Å². The normalized spacial score (nSPS) is 7.87. The maximum absolute atomic E-state index is 8.38. The molecule has 95 heavy (non-hydrogen) atoms. The van der Waals surface area contributed by atoms with E-state index >= 15 is 0 Å². The average molecular weight is 1700 g/mol. The number of aromatic nitrogens is 12. The molecule has 17 nitrogen and oxygen atoms in total. The molecule has 0 spiro atoms. The van der Waals surface area contributed by atoms with Gasteiger partial charge in [-0.3, -0.25) is 53.8 Å². The topological polar surface area (TPSA) is 249 Å². The van der Waals surface area contributed by atoms with Crippen molar-refractivity contribution in [3.05, 3.63) is 390 Å². The molecule has 0 unspecified atom stereocenters. The number of fused-ring (bicyclic) bond motifs is 3. The first-order valence-electron chi connectivity index (χ1n) is 26.1. The number of aliphatic imine (C=N–C) groups is 1. The zero-order chi connectivity index (χ0) is 64.4. The average Bonchev–Trinajstić information content (AvgIpc) is 1.51. The van der Waals surface area contributed by atoms with Gasteiger partial charge in [0.15, 0.2) is 0 Å². The third-order valence-corrected chi connectivity index (χ3v) is 9.16. The van der Waals surface area contributed by atoms with E-state index < -0.39 is 0 Å². The second-order valence-corrected chi connectivity index (χ2v) is 15.3. The minimum Gasteiger partial charge on any atom is -0.911 e. The van der Waals surface area contributed by atoms with Crippen LogP contribution in [0, 0.1) is 51.1 Å². The van der Waals surface area contributed by atoms with Crippen molar-refractivity contribution >= 4 is 63.6 Å². The Morgan fingerprint density at radius 2 is 0.811 bits per heavy atom. The number of hydrogen-bond acceptors (Lipinski definition) is 13. The molecule has 0 aliphatic heterocycles. The molecule has 6 aromatic carbocycles. The molecule has 13 aromatic rings. The third-order valence-electron chi connectivity index (χ3n) is 9.16. The van der Waals surface area contributed by atoms with Gasteiger partial charge in [-0.05, 0) is 65.4 Å². The summed E-state index contributed by atoms with van der Waals surface area (Å²) in [6.45, 7) is 28.3. The van der Waals surface area contributed by atoms with Gasteiger partial charge in [0, 0.05) is 282 Å². The van der Waals surface area contributed by atoms with Crippen LogP contribution in [0.4, 0.5) is 5.69 Å². The van der Waals surface area contributed by atoms with Crippen LogP contribution in [0.5, 0.6) is 0 Å². The molecule has 7 heterocycles. The summed E-state index contributed by atoms with van der Waals surface area (Å²) in [5.41, 5.74) is 13.2. The van der Waals surface area contributed by atoms with Crippen molar-refractivity contribution in [2.24, 2.45) is 10.1 Å². The van der Waals surface area contributed by atoms with E-state index in [1.54, 1.807) is 105 Å². The number of aromatic amines is 1. The molecule has 0 aliphatic carbocycles. The Balaban J connectivity index is -0.000000227. The van der Waals surface area contributed by atoms with Crippen LogP contribution in [0.3, 0.4) is 0 Å². The zero-order valence-electron chi connectivity index (χ0n) is 51.8. The van der Waals surface area contributed by atoms with E-state index in [2.05, 4.69) is 133 Å². The van der Waals surface area contributed by atoms with E-state index in [4.69, 9.17) is 36.1 Å². The first-order chi connectivity index (χ1) is 43.9. The van der Waals surface area contributed by atoms with Crippen molar-refractivity contribution in [1.82, 2.24) is 60.5 Å². The molecule has 0 bridgehead atoms. The quantitative estimate of drug-likeness (QED) is 0.0709. The number of H-pyrrole nitrogens is 1. The number of para-hydroxylation sites is 3. The van der Waals surface area contributed by atoms with Gasteiger partial charge in [-0.25, -0.2) is 12.1 Å². The van der Waals surface area contributed by atoms with E-state index in [1.807, 2.05) is 158 Å². The van der Waals surface area contributed by atoms with E-state index in [0.717, 1.165) is 46.8 Å². The first kappa shape index (κ1) is 99.9. The van der Waals surface area contributed by atoms with Gasteiger partial charge >= 0.3 is 0 Å². The Hall–Kier alpha value is -6.14. The summed E-state index contributed by atoms with van der Waals surface area (Å²) in [4.78, 5) is 30.5. The smallest absolute Gasteiger partial charge is 0.0886 e. The molecule has 0 fully saturated rings. The predicted octanol–water partition coefficient (Wildman–Crippen LogP) is 15.6. The maximum atomic E-state index is 8.38. The fraction of sp³-hybridized carbons (Fsp3) is 0. The molecular formula is C72H61N17Y6-12. The number of pyridine rings is 3. The summed E-state index contributed by atoms with van der Waals surface area (Å²) < 4.78 is 0. The summed E-state index contributed by atoms with van der Waals surface area (Å²) in [5, 5.41) is 38.9. The van der Waals surface area contributed by atoms with Crippen LogP contribution in [0.15, 0.2) is 322 Å². The standard InChI is InChI=1S/2C9H7N.C8H6N2.C8H6.C7H5N.C6H4N2.C5H5N.2C4H4N2.C4H4.2C3H3N.C2H3N3.6Y/c1-2-6-9-8(4-1)5-3-7-10-9;1-2-4-9-7-10-6-5-8(9)3-1;1-2-4-8-7(3-1)9-5-6-10-8;1-2-8-6-4-3-5-7-8;8-6-7-4-2-1-3-5-7;7-8-6-4-2-1-3-5-6;1-2-4-6-5-3-1;1-2-6-4-3-5-1;1-2-4-6-5-3-1;2*1-3-4-2;1-2-3-4;1-2-4-5-3-1;;;;;;/h2*1-7H;1-6H;1-6H;1-4,6H;1-4H;1-5H;2*1-4H;1-4H;2*1-3H;1-2H,(H,3,4,5);;;;;;/q;;;3*-2;;;;3*-2;;;;;;;. The van der Waals surface area contributed by atoms with Crippen LogP contribution in [-0.2, 0) is 196 Å². The van der Waals surface area contributed by atoms with Gasteiger partial charge in [-0.15, -0.1) is 42.5 Å². The zero-order valence-corrected chi connectivity index (χ0v) is 68.8. The van der Waals surface area contributed by atoms with Crippen molar-refractivity contribution in [3.8, 4) is 0 Å². The van der Waals surface area contributed by atoms with Gasteiger partial charge in [-0.2, -0.15) is 74.3 Å². The van der Waals surface area contributed by atoms with Crippen molar-refractivity contribution in [3.63, 3.8) is 0 Å². The summed E-state index contributed by atoms with van der Waals surface area (Å²) in [6.07, 6.45) is 33.4. The third kappa shape index (κ3) is 60.0. The molecule has 6 radical (unpaired) electrons. The Morgan fingerprint density at radius 3 is 1.13 bits per heavy atom. The predicted molar refractivity (Wildman–Crippen MR) is 360 cm³/mol. The Labute approximate surface area is 710 Å². The second-order valence-electron chi connectivity index (χ2n) is 15.3. The molecule has 0 aliphatic rings. The molecule has 0 saturated carbocycles. The minimum absolute atomic E-state index is 0. The number of allylic oxidation sites excluding steroid dienone is 3. The van der Waals surface area contributed by atoms with Gasteiger partial charge in [0.2, 0.25) is 0 Å². The summed E-state index contributed by atoms with van der Waals surface area (Å²) in [5.74, 6) is 0. The fourth-order valence-electron chi connectivity index (χ4n) is 5.38. The van der Waals surface area contributed by atoms with Crippen LogP contribution in [-0.4, -0.2) is 79.6 Å². The van der Waals surface area contributed by atoms with Crippen molar-refractivity contribution in [1.29, 1.82) is 0 Å². The van der Waals surface area contributed by atoms with Crippen LogP contribution in [0.1, 0.15) is 11.1 Å². The molecule has 0 atom stereocenters. The molecule has 0 amide bonds. The molecule has 23 heteroatoms. The van der Waals surface area contributed by atoms with Crippen LogP contribution >= 0.6 is 0 Å². The summed E-state index contributed by atoms with van der Waals surface area (Å²) in [6, 6.07) is 69.7. The van der Waals surface area contributed by atoms with Crippen LogP contribution < -0.4 is 0 Å². The van der Waals surface area contributed by atoms with Gasteiger partial charge < -0.3 is 89.0 Å². The Morgan fingerprint density at radius 1 is 0.379 bits per heavy atom. The van der Waals surface area contributed by atoms with Gasteiger partial charge in [0.05, 0.1) is 28.9 Å². The van der Waals surface area contributed by atoms with E-state index in [0.29, 0.717) is 11.3 Å². The molecule has 0 saturated heterocycles. The van der Waals surface area contributed by atoms with Crippen LogP contribution in [0.25, 0.3) is 55.1 Å². The summed E-state index contributed by atoms with van der Waals surface area (Å²) in [7, 11) is 0. The van der Waals surface area contributed by atoms with Gasteiger partial charge in [0.1, 0.15) is 0 Å². The number of rotatable bonds is 6. The number of nitrogens with one attached hydrogen (secondary N) is 1. The van der Waals surface area contributed by atoms with E-state index in [1.165, 1.54) is 34.4 Å². The van der Waals surface area contributed by atoms with Crippen LogP contribution in [0.2, 0.25) is 0 Å². The molecule has 13 rings (SSSR count). The molecular weight excluding hydrogens is 1640 g/mol. The minimum atomic E-state index is 0. The van der Waals surface area contributed by atoms with E-state index in [-0.39, 0.29) is 196 Å². The molecule has 464 valence electrons. The fourth-order valence-corrected chi connectivity index (χ4v) is 5.38. The van der Waals surface area contributed by atoms with Crippen molar-refractivity contribution in [2.75, 3.05) is 0 Å². The Bertz CT molecular complexity index is 3100. The number of benzene rings is 6. The summed E-state index contributed by atoms with van der Waals surface area (Å²) >= 11 is 0. The van der Waals surface area contributed by atoms with Crippen molar-refractivity contribution < 1.29 is 196 Å². The molecule has 1 N–H and O–H groups in total. The SMILES string of the molecule is [CH-]=CC=[CH-].[CH-]=CC=[N-].[CH-]=CN=[CH-].[CH-]=Cc1[c-]cccc1.[N-]=Cc1[c-]cccc1.[N-]=Nc1[c-]cccc1.[Y].[Y].[Y].[Y].[Y].[Y].c1ccc2cnccc2c1.c1ccc2ncccc2c1.c1ccc2nccnc2c1.c1ccncc1.c1ccnnc1.c1cn[nH]n1.c1cnccn1. The molecule has 7 aromatic heterocycles.